The molecule has 3 fully saturated rings. The summed E-state index contributed by atoms with van der Waals surface area (Å²) in [5.74, 6) is -0.115. The van der Waals surface area contributed by atoms with Gasteiger partial charge in [-0.15, -0.1) is 0 Å². The minimum atomic E-state index is -0.0840. The predicted molar refractivity (Wildman–Crippen MR) is 120 cm³/mol. The summed E-state index contributed by atoms with van der Waals surface area (Å²) in [4.78, 5) is 31.7. The number of nitrogens with zero attached hydrogens (tertiary/aromatic N) is 3. The standard InChI is InChI=1S/C23H35N5O2/c1-16(2)22(29)24-17-5-4-6-18(13-17)25-23(30)28-11-9-27(10-12-28)21-14-19-7-8-20(15-21)26(19)3/h4-6,13,16,19-21H,7-12,14-15H2,1-3H3,(H,24,29)(H,25,30)/t19-,20+,21?. The SMILES string of the molecule is CC(C)C(=O)Nc1cccc(NC(=O)N2CCN(C3C[C@H]4CC[C@@H](C3)N4C)CC2)c1. The van der Waals surface area contributed by atoms with Crippen molar-refractivity contribution in [2.45, 2.75) is 57.7 Å². The normalized spacial score (nSPS) is 27.3. The molecule has 1 aromatic rings. The molecule has 0 saturated carbocycles. The number of anilines is 2. The third-order valence-electron chi connectivity index (χ3n) is 7.10. The maximum atomic E-state index is 12.8. The van der Waals surface area contributed by atoms with Crippen LogP contribution in [-0.2, 0) is 4.79 Å². The Hall–Kier alpha value is -2.12. The van der Waals surface area contributed by atoms with E-state index in [1.54, 1.807) is 0 Å². The van der Waals surface area contributed by atoms with E-state index in [1.807, 2.05) is 43.0 Å². The van der Waals surface area contributed by atoms with Crippen molar-refractivity contribution in [3.63, 3.8) is 0 Å². The van der Waals surface area contributed by atoms with Gasteiger partial charge in [-0.25, -0.2) is 4.79 Å². The Morgan fingerprint density at radius 2 is 1.53 bits per heavy atom. The maximum absolute atomic E-state index is 12.8. The Balaban J connectivity index is 1.27. The van der Waals surface area contributed by atoms with Gasteiger partial charge in [0.2, 0.25) is 5.91 Å². The highest BCUT2D eigenvalue weighted by Gasteiger charge is 2.41. The van der Waals surface area contributed by atoms with Crippen molar-refractivity contribution in [3.8, 4) is 0 Å². The molecule has 3 atom stereocenters. The Morgan fingerprint density at radius 3 is 2.13 bits per heavy atom. The quantitative estimate of drug-likeness (QED) is 0.796. The van der Waals surface area contributed by atoms with Gasteiger partial charge in [-0.2, -0.15) is 0 Å². The van der Waals surface area contributed by atoms with Gasteiger partial charge >= 0.3 is 6.03 Å². The van der Waals surface area contributed by atoms with Gasteiger partial charge in [0.05, 0.1) is 0 Å². The monoisotopic (exact) mass is 413 g/mol. The molecule has 3 heterocycles. The molecule has 7 heteroatoms. The van der Waals surface area contributed by atoms with E-state index in [0.717, 1.165) is 38.3 Å². The van der Waals surface area contributed by atoms with Crippen molar-refractivity contribution < 1.29 is 9.59 Å². The molecule has 3 aliphatic heterocycles. The third-order valence-corrected chi connectivity index (χ3v) is 7.10. The second kappa shape index (κ2) is 8.94. The first-order chi connectivity index (χ1) is 14.4. The number of carbonyl (C=O) groups is 2. The van der Waals surface area contributed by atoms with Crippen LogP contribution in [0.1, 0.15) is 39.5 Å². The molecule has 3 saturated heterocycles. The summed E-state index contributed by atoms with van der Waals surface area (Å²) in [6.07, 6.45) is 5.23. The van der Waals surface area contributed by atoms with Crippen LogP contribution in [0.25, 0.3) is 0 Å². The Labute approximate surface area is 179 Å². The van der Waals surface area contributed by atoms with Gasteiger partial charge in [-0.3, -0.25) is 9.69 Å². The van der Waals surface area contributed by atoms with Gasteiger partial charge in [0.15, 0.2) is 0 Å². The van der Waals surface area contributed by atoms with E-state index < -0.39 is 0 Å². The van der Waals surface area contributed by atoms with Crippen molar-refractivity contribution in [1.29, 1.82) is 0 Å². The molecule has 3 amide bonds. The number of benzene rings is 1. The highest BCUT2D eigenvalue weighted by Crippen LogP contribution is 2.36. The van der Waals surface area contributed by atoms with E-state index in [0.29, 0.717) is 17.4 Å². The Bertz CT molecular complexity index is 761. The van der Waals surface area contributed by atoms with E-state index in [9.17, 15) is 9.59 Å². The first-order valence-electron chi connectivity index (χ1n) is 11.3. The van der Waals surface area contributed by atoms with Crippen molar-refractivity contribution in [2.24, 2.45) is 5.92 Å². The third kappa shape index (κ3) is 4.62. The molecular formula is C23H35N5O2. The fraction of sp³-hybridized carbons (Fsp3) is 0.652. The lowest BCUT2D eigenvalue weighted by Gasteiger charge is -2.44. The van der Waals surface area contributed by atoms with E-state index in [4.69, 9.17) is 0 Å². The summed E-state index contributed by atoms with van der Waals surface area (Å²) in [5, 5.41) is 5.87. The second-order valence-electron chi connectivity index (χ2n) is 9.35. The van der Waals surface area contributed by atoms with Crippen molar-refractivity contribution in [1.82, 2.24) is 14.7 Å². The van der Waals surface area contributed by atoms with Crippen LogP contribution in [0.15, 0.2) is 24.3 Å². The first-order valence-corrected chi connectivity index (χ1v) is 11.3. The van der Waals surface area contributed by atoms with E-state index in [-0.39, 0.29) is 17.9 Å². The van der Waals surface area contributed by atoms with Crippen LogP contribution in [-0.4, -0.2) is 78.0 Å². The zero-order chi connectivity index (χ0) is 21.3. The molecule has 0 spiro atoms. The van der Waals surface area contributed by atoms with Crippen LogP contribution in [0.2, 0.25) is 0 Å². The van der Waals surface area contributed by atoms with Crippen LogP contribution in [0.3, 0.4) is 0 Å². The van der Waals surface area contributed by atoms with Crippen LogP contribution in [0.5, 0.6) is 0 Å². The predicted octanol–water partition coefficient (Wildman–Crippen LogP) is 3.06. The number of rotatable bonds is 4. The molecule has 2 bridgehead atoms. The Kier molecular flexibility index (Phi) is 6.29. The summed E-state index contributed by atoms with van der Waals surface area (Å²) < 4.78 is 0. The molecule has 1 unspecified atom stereocenters. The summed E-state index contributed by atoms with van der Waals surface area (Å²) in [7, 11) is 2.28. The number of amides is 3. The molecule has 30 heavy (non-hydrogen) atoms. The number of piperazine rings is 1. The van der Waals surface area contributed by atoms with Crippen molar-refractivity contribution in [2.75, 3.05) is 43.9 Å². The number of fused-ring (bicyclic) bond motifs is 2. The highest BCUT2D eigenvalue weighted by atomic mass is 16.2. The van der Waals surface area contributed by atoms with E-state index in [1.165, 1.54) is 25.7 Å². The number of piperidine rings is 1. The molecule has 3 aliphatic rings. The number of urea groups is 1. The molecule has 7 nitrogen and oxygen atoms in total. The van der Waals surface area contributed by atoms with Crippen molar-refractivity contribution in [3.05, 3.63) is 24.3 Å². The summed E-state index contributed by atoms with van der Waals surface area (Å²) in [6.45, 7) is 7.14. The summed E-state index contributed by atoms with van der Waals surface area (Å²) in [5.41, 5.74) is 1.41. The van der Waals surface area contributed by atoms with Crippen LogP contribution >= 0.6 is 0 Å². The lowest BCUT2D eigenvalue weighted by molar-refractivity contribution is -0.118. The Morgan fingerprint density at radius 1 is 0.933 bits per heavy atom. The molecular weight excluding hydrogens is 378 g/mol. The highest BCUT2D eigenvalue weighted by molar-refractivity contribution is 5.94. The largest absolute Gasteiger partial charge is 0.326 e. The van der Waals surface area contributed by atoms with E-state index >= 15 is 0 Å². The molecule has 164 valence electrons. The molecule has 0 radical (unpaired) electrons. The van der Waals surface area contributed by atoms with Gasteiger partial charge < -0.3 is 20.4 Å². The van der Waals surface area contributed by atoms with Gasteiger partial charge in [0.1, 0.15) is 0 Å². The minimum absolute atomic E-state index is 0.0306. The van der Waals surface area contributed by atoms with Gasteiger partial charge in [0.25, 0.3) is 0 Å². The summed E-state index contributed by atoms with van der Waals surface area (Å²) in [6, 6.07) is 9.45. The number of hydrogen-bond acceptors (Lipinski definition) is 4. The van der Waals surface area contributed by atoms with Crippen LogP contribution < -0.4 is 10.6 Å². The maximum Gasteiger partial charge on any atom is 0.321 e. The number of nitrogens with one attached hydrogen (secondary N) is 2. The molecule has 0 aliphatic carbocycles. The van der Waals surface area contributed by atoms with Gasteiger partial charge in [-0.05, 0) is 50.9 Å². The summed E-state index contributed by atoms with van der Waals surface area (Å²) >= 11 is 0. The average Bonchev–Trinajstić information content (AvgIpc) is 2.94. The van der Waals surface area contributed by atoms with Gasteiger partial charge in [0, 0.05) is 61.6 Å². The average molecular weight is 414 g/mol. The van der Waals surface area contributed by atoms with Crippen molar-refractivity contribution >= 4 is 23.3 Å². The molecule has 4 rings (SSSR count). The van der Waals surface area contributed by atoms with E-state index in [2.05, 4.69) is 27.5 Å². The lowest BCUT2D eigenvalue weighted by Crippen LogP contribution is -2.56. The van der Waals surface area contributed by atoms with Crippen LogP contribution in [0.4, 0.5) is 16.2 Å². The number of hydrogen-bond donors (Lipinski definition) is 2. The fourth-order valence-electron chi connectivity index (χ4n) is 5.13. The zero-order valence-electron chi connectivity index (χ0n) is 18.4. The smallest absolute Gasteiger partial charge is 0.321 e. The molecule has 2 N–H and O–H groups in total. The number of carbonyl (C=O) groups excluding carboxylic acids is 2. The zero-order valence-corrected chi connectivity index (χ0v) is 18.4. The molecule has 0 aromatic heterocycles. The minimum Gasteiger partial charge on any atom is -0.326 e. The fourth-order valence-corrected chi connectivity index (χ4v) is 5.13. The topological polar surface area (TPSA) is 67.9 Å². The second-order valence-corrected chi connectivity index (χ2v) is 9.35. The lowest BCUT2D eigenvalue weighted by atomic mass is 9.96. The first kappa shape index (κ1) is 21.1. The van der Waals surface area contributed by atoms with Crippen LogP contribution in [0, 0.1) is 5.92 Å². The van der Waals surface area contributed by atoms with Gasteiger partial charge in [-0.1, -0.05) is 19.9 Å². The molecule has 1 aromatic carbocycles.